The van der Waals surface area contributed by atoms with Crippen molar-refractivity contribution in [1.82, 2.24) is 15.5 Å². The molecule has 0 aliphatic carbocycles. The van der Waals surface area contributed by atoms with Crippen molar-refractivity contribution in [1.29, 1.82) is 0 Å². The molecular formula is C10H11ClN4OS. The van der Waals surface area contributed by atoms with Crippen molar-refractivity contribution in [2.24, 2.45) is 0 Å². The lowest BCUT2D eigenvalue weighted by Gasteiger charge is -2.11. The van der Waals surface area contributed by atoms with Crippen molar-refractivity contribution in [3.05, 3.63) is 23.4 Å². The average molecular weight is 271 g/mol. The molecule has 0 radical (unpaired) electrons. The van der Waals surface area contributed by atoms with E-state index in [0.29, 0.717) is 22.4 Å². The Morgan fingerprint density at radius 3 is 3.12 bits per heavy atom. The minimum Gasteiger partial charge on any atom is -0.395 e. The van der Waals surface area contributed by atoms with E-state index in [1.165, 1.54) is 0 Å². The molecule has 0 saturated heterocycles. The van der Waals surface area contributed by atoms with Gasteiger partial charge in [0.25, 0.3) is 0 Å². The average Bonchev–Trinajstić information content (AvgIpc) is 2.79. The number of nitrogens with zero attached hydrogens (tertiary/aromatic N) is 1. The van der Waals surface area contributed by atoms with Crippen LogP contribution < -0.4 is 10.6 Å². The van der Waals surface area contributed by atoms with Gasteiger partial charge in [-0.2, -0.15) is 5.10 Å². The second-order valence-corrected chi connectivity index (χ2v) is 4.15. The highest BCUT2D eigenvalue weighted by Crippen LogP contribution is 2.29. The Balaban J connectivity index is 2.18. The van der Waals surface area contributed by atoms with Gasteiger partial charge in [-0.05, 0) is 24.4 Å². The number of rotatable bonds is 3. The smallest absolute Gasteiger partial charge is 0.170 e. The van der Waals surface area contributed by atoms with E-state index in [0.717, 1.165) is 10.9 Å². The minimum absolute atomic E-state index is 0.0241. The fourth-order valence-corrected chi connectivity index (χ4v) is 1.89. The van der Waals surface area contributed by atoms with Gasteiger partial charge in [-0.1, -0.05) is 11.6 Å². The van der Waals surface area contributed by atoms with E-state index < -0.39 is 0 Å². The summed E-state index contributed by atoms with van der Waals surface area (Å²) in [6.45, 7) is 0.424. The first-order chi connectivity index (χ1) is 8.22. The Morgan fingerprint density at radius 2 is 2.35 bits per heavy atom. The highest BCUT2D eigenvalue weighted by Gasteiger charge is 2.07. The van der Waals surface area contributed by atoms with E-state index >= 15 is 0 Å². The van der Waals surface area contributed by atoms with Gasteiger partial charge >= 0.3 is 0 Å². The number of hydrogen-bond donors (Lipinski definition) is 4. The summed E-state index contributed by atoms with van der Waals surface area (Å²) in [6, 6.07) is 3.68. The summed E-state index contributed by atoms with van der Waals surface area (Å²) in [7, 11) is 0. The van der Waals surface area contributed by atoms with E-state index in [2.05, 4.69) is 20.8 Å². The second kappa shape index (κ2) is 5.31. The Morgan fingerprint density at radius 1 is 1.53 bits per heavy atom. The van der Waals surface area contributed by atoms with E-state index in [9.17, 15) is 0 Å². The first-order valence-electron chi connectivity index (χ1n) is 4.99. The molecule has 17 heavy (non-hydrogen) atoms. The van der Waals surface area contributed by atoms with Crippen LogP contribution in [-0.4, -0.2) is 33.6 Å². The van der Waals surface area contributed by atoms with Crippen LogP contribution in [0.3, 0.4) is 0 Å². The van der Waals surface area contributed by atoms with Gasteiger partial charge in [-0.15, -0.1) is 0 Å². The summed E-state index contributed by atoms with van der Waals surface area (Å²) in [5.41, 5.74) is 1.57. The van der Waals surface area contributed by atoms with Crippen molar-refractivity contribution in [3.63, 3.8) is 0 Å². The molecule has 0 amide bonds. The predicted molar refractivity (Wildman–Crippen MR) is 72.4 cm³/mol. The summed E-state index contributed by atoms with van der Waals surface area (Å²) in [4.78, 5) is 0. The Labute approximate surface area is 108 Å². The third-order valence-electron chi connectivity index (χ3n) is 2.20. The molecule has 90 valence electrons. The third kappa shape index (κ3) is 2.66. The molecule has 1 heterocycles. The lowest BCUT2D eigenvalue weighted by Crippen LogP contribution is -2.30. The van der Waals surface area contributed by atoms with Crippen molar-refractivity contribution in [2.45, 2.75) is 0 Å². The van der Waals surface area contributed by atoms with Gasteiger partial charge in [-0.25, -0.2) is 0 Å². The number of hydrogen-bond acceptors (Lipinski definition) is 3. The molecule has 0 unspecified atom stereocenters. The van der Waals surface area contributed by atoms with Crippen LogP contribution in [0.5, 0.6) is 0 Å². The fourth-order valence-electron chi connectivity index (χ4n) is 1.42. The minimum atomic E-state index is 0.0241. The molecule has 0 atom stereocenters. The zero-order chi connectivity index (χ0) is 12.3. The number of aromatic amines is 1. The molecule has 0 fully saturated rings. The van der Waals surface area contributed by atoms with Crippen molar-refractivity contribution < 1.29 is 5.11 Å². The summed E-state index contributed by atoms with van der Waals surface area (Å²) in [5, 5.41) is 23.0. The number of aliphatic hydroxyl groups is 1. The van der Waals surface area contributed by atoms with Gasteiger partial charge in [-0.3, -0.25) is 5.10 Å². The third-order valence-corrected chi connectivity index (χ3v) is 2.86. The number of anilines is 1. The molecule has 4 N–H and O–H groups in total. The van der Waals surface area contributed by atoms with Crippen LogP contribution in [0.25, 0.3) is 10.9 Å². The molecule has 0 bridgehead atoms. The van der Waals surface area contributed by atoms with Crippen LogP contribution in [-0.2, 0) is 0 Å². The number of aromatic nitrogens is 2. The quantitative estimate of drug-likeness (QED) is 0.636. The van der Waals surface area contributed by atoms with Crippen LogP contribution in [0, 0.1) is 0 Å². The van der Waals surface area contributed by atoms with Gasteiger partial charge in [0, 0.05) is 11.9 Å². The molecule has 0 spiro atoms. The molecule has 2 aromatic rings. The second-order valence-electron chi connectivity index (χ2n) is 3.36. The molecule has 5 nitrogen and oxygen atoms in total. The summed E-state index contributed by atoms with van der Waals surface area (Å²) < 4.78 is 0. The number of fused-ring (bicyclic) bond motifs is 1. The van der Waals surface area contributed by atoms with Crippen LogP contribution >= 0.6 is 23.8 Å². The first kappa shape index (κ1) is 12.1. The van der Waals surface area contributed by atoms with Crippen molar-refractivity contribution >= 4 is 45.5 Å². The molecule has 7 heteroatoms. The highest BCUT2D eigenvalue weighted by atomic mass is 35.5. The van der Waals surface area contributed by atoms with Gasteiger partial charge in [0.1, 0.15) is 0 Å². The fraction of sp³-hybridized carbons (Fsp3) is 0.200. The highest BCUT2D eigenvalue weighted by molar-refractivity contribution is 7.80. The molecule has 1 aromatic heterocycles. The standard InChI is InChI=1S/C10H11ClN4OS/c11-9-6-5-13-15-7(6)1-2-8(9)14-10(17)12-3-4-16/h1-2,5,16H,3-4H2,(H,13,15)(H2,12,14,17). The number of halogens is 1. The van der Waals surface area contributed by atoms with Gasteiger partial charge < -0.3 is 15.7 Å². The molecule has 0 saturated carbocycles. The van der Waals surface area contributed by atoms with E-state index in [1.54, 1.807) is 6.20 Å². The summed E-state index contributed by atoms with van der Waals surface area (Å²) in [5.74, 6) is 0. The number of nitrogens with one attached hydrogen (secondary N) is 3. The van der Waals surface area contributed by atoms with E-state index in [1.807, 2.05) is 12.1 Å². The number of benzene rings is 1. The zero-order valence-electron chi connectivity index (χ0n) is 8.83. The SMILES string of the molecule is OCCNC(=S)Nc1ccc2[nH]ncc2c1Cl. The van der Waals surface area contributed by atoms with Gasteiger partial charge in [0.15, 0.2) is 5.11 Å². The first-order valence-corrected chi connectivity index (χ1v) is 5.78. The number of aliphatic hydroxyl groups excluding tert-OH is 1. The van der Waals surface area contributed by atoms with Crippen LogP contribution in [0.15, 0.2) is 18.3 Å². The molecule has 0 aliphatic rings. The Hall–Kier alpha value is -1.37. The van der Waals surface area contributed by atoms with Crippen molar-refractivity contribution in [3.8, 4) is 0 Å². The zero-order valence-corrected chi connectivity index (χ0v) is 10.4. The molecule has 0 aliphatic heterocycles. The monoisotopic (exact) mass is 270 g/mol. The van der Waals surface area contributed by atoms with E-state index in [-0.39, 0.29) is 6.61 Å². The van der Waals surface area contributed by atoms with Gasteiger partial charge in [0.05, 0.1) is 29.0 Å². The molecule has 1 aromatic carbocycles. The van der Waals surface area contributed by atoms with Crippen molar-refractivity contribution in [2.75, 3.05) is 18.5 Å². The maximum absolute atomic E-state index is 8.66. The molecule has 2 rings (SSSR count). The molecular weight excluding hydrogens is 260 g/mol. The van der Waals surface area contributed by atoms with Crippen LogP contribution in [0.1, 0.15) is 0 Å². The largest absolute Gasteiger partial charge is 0.395 e. The normalized spacial score (nSPS) is 10.5. The maximum atomic E-state index is 8.66. The Bertz CT molecular complexity index is 542. The predicted octanol–water partition coefficient (Wildman–Crippen LogP) is 1.49. The van der Waals surface area contributed by atoms with E-state index in [4.69, 9.17) is 28.9 Å². The summed E-state index contributed by atoms with van der Waals surface area (Å²) >= 11 is 11.2. The lowest BCUT2D eigenvalue weighted by atomic mass is 10.2. The number of H-pyrrole nitrogens is 1. The van der Waals surface area contributed by atoms with Crippen LogP contribution in [0.2, 0.25) is 5.02 Å². The lowest BCUT2D eigenvalue weighted by molar-refractivity contribution is 0.301. The van der Waals surface area contributed by atoms with Crippen LogP contribution in [0.4, 0.5) is 5.69 Å². The maximum Gasteiger partial charge on any atom is 0.170 e. The Kier molecular flexibility index (Phi) is 3.78. The van der Waals surface area contributed by atoms with Gasteiger partial charge in [0.2, 0.25) is 0 Å². The number of thiocarbonyl (C=S) groups is 1. The topological polar surface area (TPSA) is 73.0 Å². The summed E-state index contributed by atoms with van der Waals surface area (Å²) in [6.07, 6.45) is 1.66.